The van der Waals surface area contributed by atoms with Crippen LogP contribution in [0.2, 0.25) is 0 Å². The molecule has 6 nitrogen and oxygen atoms in total. The molecule has 0 radical (unpaired) electrons. The summed E-state index contributed by atoms with van der Waals surface area (Å²) in [5.41, 5.74) is 3.23. The molecule has 0 aliphatic heterocycles. The number of anilines is 1. The molecule has 0 unspecified atom stereocenters. The SMILES string of the molecule is CCCOc1ccc(OCc2nnsc2NN)cc1. The summed E-state index contributed by atoms with van der Waals surface area (Å²) in [5.74, 6) is 6.93. The third kappa shape index (κ3) is 3.80. The molecule has 19 heavy (non-hydrogen) atoms. The van der Waals surface area contributed by atoms with Crippen molar-refractivity contribution < 1.29 is 9.47 Å². The average Bonchev–Trinajstić information content (AvgIpc) is 2.91. The normalized spacial score (nSPS) is 10.2. The van der Waals surface area contributed by atoms with E-state index in [0.29, 0.717) is 17.3 Å². The minimum absolute atomic E-state index is 0.325. The Balaban J connectivity index is 1.89. The molecule has 0 saturated carbocycles. The van der Waals surface area contributed by atoms with Gasteiger partial charge in [0.05, 0.1) is 6.61 Å². The van der Waals surface area contributed by atoms with Crippen LogP contribution in [-0.2, 0) is 6.61 Å². The number of ether oxygens (including phenoxy) is 2. The molecule has 1 aromatic heterocycles. The summed E-state index contributed by atoms with van der Waals surface area (Å²) in [6.45, 7) is 3.11. The van der Waals surface area contributed by atoms with Gasteiger partial charge in [0.15, 0.2) is 5.00 Å². The number of aromatic nitrogens is 2. The van der Waals surface area contributed by atoms with E-state index in [1.54, 1.807) is 0 Å². The van der Waals surface area contributed by atoms with Crippen molar-refractivity contribution >= 4 is 16.5 Å². The van der Waals surface area contributed by atoms with Crippen LogP contribution in [0.25, 0.3) is 0 Å². The highest BCUT2D eigenvalue weighted by atomic mass is 32.1. The van der Waals surface area contributed by atoms with E-state index < -0.39 is 0 Å². The minimum atomic E-state index is 0.325. The van der Waals surface area contributed by atoms with Crippen molar-refractivity contribution in [3.05, 3.63) is 30.0 Å². The van der Waals surface area contributed by atoms with Gasteiger partial charge in [-0.1, -0.05) is 11.4 Å². The summed E-state index contributed by atoms with van der Waals surface area (Å²) in [4.78, 5) is 0. The van der Waals surface area contributed by atoms with Gasteiger partial charge in [0.25, 0.3) is 0 Å². The lowest BCUT2D eigenvalue weighted by atomic mass is 10.3. The van der Waals surface area contributed by atoms with Gasteiger partial charge < -0.3 is 14.9 Å². The molecule has 0 fully saturated rings. The summed E-state index contributed by atoms with van der Waals surface area (Å²) in [6, 6.07) is 7.49. The number of rotatable bonds is 7. The zero-order valence-electron chi connectivity index (χ0n) is 10.6. The Kier molecular flexibility index (Phi) is 4.93. The van der Waals surface area contributed by atoms with E-state index in [1.807, 2.05) is 24.3 Å². The molecule has 0 amide bonds. The maximum Gasteiger partial charge on any atom is 0.150 e. The second-order valence-electron chi connectivity index (χ2n) is 3.80. The number of hydrogen-bond donors (Lipinski definition) is 2. The van der Waals surface area contributed by atoms with Gasteiger partial charge in [-0.05, 0) is 30.7 Å². The first-order valence-corrected chi connectivity index (χ1v) is 6.74. The third-order valence-corrected chi connectivity index (χ3v) is 3.06. The molecule has 3 N–H and O–H groups in total. The van der Waals surface area contributed by atoms with Gasteiger partial charge in [-0.15, -0.1) is 5.10 Å². The molecule has 0 atom stereocenters. The van der Waals surface area contributed by atoms with E-state index in [0.717, 1.165) is 24.5 Å². The van der Waals surface area contributed by atoms with E-state index in [-0.39, 0.29) is 0 Å². The van der Waals surface area contributed by atoms with E-state index in [2.05, 4.69) is 21.9 Å². The monoisotopic (exact) mass is 280 g/mol. The number of benzene rings is 1. The highest BCUT2D eigenvalue weighted by Crippen LogP contribution is 2.21. The van der Waals surface area contributed by atoms with E-state index in [1.165, 1.54) is 11.5 Å². The fraction of sp³-hybridized carbons (Fsp3) is 0.333. The third-order valence-electron chi connectivity index (χ3n) is 2.36. The Bertz CT molecular complexity index is 501. The molecule has 0 aliphatic carbocycles. The first-order valence-electron chi connectivity index (χ1n) is 5.97. The first-order chi connectivity index (χ1) is 9.33. The molecule has 7 heteroatoms. The molecule has 2 rings (SSSR count). The first kappa shape index (κ1) is 13.6. The van der Waals surface area contributed by atoms with Crippen molar-refractivity contribution in [3.8, 4) is 11.5 Å². The van der Waals surface area contributed by atoms with E-state index in [4.69, 9.17) is 15.3 Å². The molecule has 0 spiro atoms. The van der Waals surface area contributed by atoms with Gasteiger partial charge in [-0.25, -0.2) is 5.84 Å². The Morgan fingerprint density at radius 2 is 1.89 bits per heavy atom. The second kappa shape index (κ2) is 6.91. The molecule has 0 bridgehead atoms. The smallest absolute Gasteiger partial charge is 0.150 e. The van der Waals surface area contributed by atoms with Crippen molar-refractivity contribution in [2.45, 2.75) is 20.0 Å². The van der Waals surface area contributed by atoms with Crippen molar-refractivity contribution in [1.82, 2.24) is 9.59 Å². The molecule has 1 aromatic carbocycles. The van der Waals surface area contributed by atoms with Crippen LogP contribution in [0.1, 0.15) is 19.0 Å². The zero-order valence-corrected chi connectivity index (χ0v) is 11.4. The number of nitrogen functional groups attached to an aromatic ring is 1. The van der Waals surface area contributed by atoms with Crippen LogP contribution in [0.3, 0.4) is 0 Å². The lowest BCUT2D eigenvalue weighted by Gasteiger charge is -2.07. The van der Waals surface area contributed by atoms with Gasteiger partial charge in [0, 0.05) is 11.5 Å². The van der Waals surface area contributed by atoms with Crippen LogP contribution in [0.5, 0.6) is 11.5 Å². The highest BCUT2D eigenvalue weighted by molar-refractivity contribution is 7.10. The topological polar surface area (TPSA) is 82.3 Å². The summed E-state index contributed by atoms with van der Waals surface area (Å²) >= 11 is 1.20. The minimum Gasteiger partial charge on any atom is -0.494 e. The Morgan fingerprint density at radius 1 is 1.21 bits per heavy atom. The highest BCUT2D eigenvalue weighted by Gasteiger charge is 2.07. The molecule has 2 aromatic rings. The van der Waals surface area contributed by atoms with Gasteiger partial charge in [-0.2, -0.15) is 0 Å². The van der Waals surface area contributed by atoms with Crippen molar-refractivity contribution in [2.24, 2.45) is 5.84 Å². The maximum atomic E-state index is 5.61. The Hall–Kier alpha value is -1.86. The Morgan fingerprint density at radius 3 is 2.53 bits per heavy atom. The number of hydrazine groups is 1. The summed E-state index contributed by atoms with van der Waals surface area (Å²) in [7, 11) is 0. The van der Waals surface area contributed by atoms with E-state index >= 15 is 0 Å². The van der Waals surface area contributed by atoms with Crippen molar-refractivity contribution in [1.29, 1.82) is 0 Å². The second-order valence-corrected chi connectivity index (χ2v) is 4.56. The lowest BCUT2D eigenvalue weighted by molar-refractivity contribution is 0.298. The fourth-order valence-corrected chi connectivity index (χ4v) is 1.90. The predicted molar refractivity (Wildman–Crippen MR) is 74.3 cm³/mol. The van der Waals surface area contributed by atoms with Gasteiger partial charge >= 0.3 is 0 Å². The number of nitrogens with one attached hydrogen (secondary N) is 1. The van der Waals surface area contributed by atoms with Crippen LogP contribution in [0.15, 0.2) is 24.3 Å². The maximum absolute atomic E-state index is 5.61. The van der Waals surface area contributed by atoms with Crippen molar-refractivity contribution in [3.63, 3.8) is 0 Å². The van der Waals surface area contributed by atoms with Crippen LogP contribution in [-0.4, -0.2) is 16.2 Å². The lowest BCUT2D eigenvalue weighted by Crippen LogP contribution is -2.08. The van der Waals surface area contributed by atoms with Crippen LogP contribution < -0.4 is 20.7 Å². The summed E-state index contributed by atoms with van der Waals surface area (Å²) in [5, 5.41) is 4.65. The van der Waals surface area contributed by atoms with Crippen LogP contribution in [0.4, 0.5) is 5.00 Å². The van der Waals surface area contributed by atoms with Gasteiger partial charge in [0.1, 0.15) is 23.8 Å². The predicted octanol–water partition coefficient (Wildman–Crippen LogP) is 2.19. The quantitative estimate of drug-likeness (QED) is 0.597. The Labute approximate surface area is 115 Å². The standard InChI is InChI=1S/C12H16N4O2S/c1-2-7-17-9-3-5-10(6-4-9)18-8-11-12(14-13)19-16-15-11/h3-6,14H,2,7-8,13H2,1H3. The molecule has 1 heterocycles. The number of hydrogen-bond acceptors (Lipinski definition) is 7. The number of nitrogens with two attached hydrogens (primary N) is 1. The largest absolute Gasteiger partial charge is 0.494 e. The summed E-state index contributed by atoms with van der Waals surface area (Å²) in [6.07, 6.45) is 0.990. The zero-order chi connectivity index (χ0) is 13.5. The van der Waals surface area contributed by atoms with Crippen LogP contribution >= 0.6 is 11.5 Å². The van der Waals surface area contributed by atoms with Crippen molar-refractivity contribution in [2.75, 3.05) is 12.0 Å². The van der Waals surface area contributed by atoms with Gasteiger partial charge in [0.2, 0.25) is 0 Å². The summed E-state index contributed by atoms with van der Waals surface area (Å²) < 4.78 is 14.9. The molecule has 0 saturated heterocycles. The van der Waals surface area contributed by atoms with Crippen LogP contribution in [0, 0.1) is 0 Å². The molecule has 0 aliphatic rings. The number of nitrogens with zero attached hydrogens (tertiary/aromatic N) is 2. The van der Waals surface area contributed by atoms with E-state index in [9.17, 15) is 0 Å². The molecular formula is C12H16N4O2S. The van der Waals surface area contributed by atoms with Gasteiger partial charge in [-0.3, -0.25) is 0 Å². The molecule has 102 valence electrons. The molecular weight excluding hydrogens is 264 g/mol. The fourth-order valence-electron chi connectivity index (χ4n) is 1.42. The average molecular weight is 280 g/mol.